The van der Waals surface area contributed by atoms with Crippen molar-refractivity contribution in [1.29, 1.82) is 0 Å². The molecule has 0 aliphatic carbocycles. The van der Waals surface area contributed by atoms with Gasteiger partial charge in [0.05, 0.1) is 11.2 Å². The molecule has 0 bridgehead atoms. The van der Waals surface area contributed by atoms with E-state index in [1.165, 1.54) is 30.9 Å². The third-order valence-electron chi connectivity index (χ3n) is 5.92. The minimum Gasteiger partial charge on any atom is -0.399 e. The zero-order valence-electron chi connectivity index (χ0n) is 15.5. The van der Waals surface area contributed by atoms with E-state index in [9.17, 15) is 0 Å². The molecular weight excluding hydrogens is 339 g/mol. The van der Waals surface area contributed by atoms with E-state index >= 15 is 0 Å². The Morgan fingerprint density at radius 1 is 0.769 bits per heavy atom. The topological polar surface area (TPSA) is 18.5 Å². The summed E-state index contributed by atoms with van der Waals surface area (Å²) in [6.07, 6.45) is 0. The normalized spacial score (nSPS) is 19.0. The maximum Gasteiger partial charge on any atom is 0.496 e. The fourth-order valence-electron chi connectivity index (χ4n) is 3.75. The highest BCUT2D eigenvalue weighted by molar-refractivity contribution is 7.27. The second-order valence-corrected chi connectivity index (χ2v) is 9.13. The molecule has 1 fully saturated rings. The molecule has 0 atom stereocenters. The monoisotopic (exact) mass is 360 g/mol. The third kappa shape index (κ3) is 2.19. The molecule has 130 valence electrons. The van der Waals surface area contributed by atoms with Crippen LogP contribution in [0, 0.1) is 0 Å². The van der Waals surface area contributed by atoms with Crippen molar-refractivity contribution < 1.29 is 9.31 Å². The fourth-order valence-corrected chi connectivity index (χ4v) is 5.00. The van der Waals surface area contributed by atoms with Gasteiger partial charge in [-0.15, -0.1) is 11.3 Å². The average Bonchev–Trinajstić information content (AvgIpc) is 3.06. The highest BCUT2D eigenvalue weighted by atomic mass is 32.1. The molecule has 1 aromatic heterocycles. The lowest BCUT2D eigenvalue weighted by Crippen LogP contribution is -2.41. The van der Waals surface area contributed by atoms with Gasteiger partial charge in [-0.3, -0.25) is 0 Å². The van der Waals surface area contributed by atoms with E-state index in [2.05, 4.69) is 82.3 Å². The average molecular weight is 360 g/mol. The van der Waals surface area contributed by atoms with E-state index in [-0.39, 0.29) is 18.3 Å². The largest absolute Gasteiger partial charge is 0.496 e. The maximum absolute atomic E-state index is 6.45. The molecule has 0 amide bonds. The van der Waals surface area contributed by atoms with Gasteiger partial charge in [0.15, 0.2) is 0 Å². The van der Waals surface area contributed by atoms with Gasteiger partial charge in [-0.05, 0) is 50.6 Å². The summed E-state index contributed by atoms with van der Waals surface area (Å²) in [4.78, 5) is 0. The number of rotatable bonds is 1. The van der Waals surface area contributed by atoms with E-state index < -0.39 is 0 Å². The van der Waals surface area contributed by atoms with Gasteiger partial charge in [0.25, 0.3) is 0 Å². The Kier molecular flexibility index (Phi) is 3.34. The highest BCUT2D eigenvalue weighted by Crippen LogP contribution is 2.40. The first-order valence-electron chi connectivity index (χ1n) is 9.06. The van der Waals surface area contributed by atoms with E-state index in [0.717, 1.165) is 5.46 Å². The fraction of sp³-hybridized carbons (Fsp3) is 0.273. The number of benzene rings is 3. The molecular formula is C22H21BO2S. The van der Waals surface area contributed by atoms with E-state index in [1.807, 2.05) is 11.3 Å². The van der Waals surface area contributed by atoms with Gasteiger partial charge in [0, 0.05) is 25.6 Å². The van der Waals surface area contributed by atoms with Crippen LogP contribution in [0.15, 0.2) is 54.6 Å². The first-order chi connectivity index (χ1) is 12.4. The van der Waals surface area contributed by atoms with Gasteiger partial charge in [-0.2, -0.15) is 0 Å². The molecule has 0 radical (unpaired) electrons. The summed E-state index contributed by atoms with van der Waals surface area (Å²) in [6, 6.07) is 19.5. The summed E-state index contributed by atoms with van der Waals surface area (Å²) < 4.78 is 15.5. The summed E-state index contributed by atoms with van der Waals surface area (Å²) in [6.45, 7) is 8.45. The Morgan fingerprint density at radius 2 is 1.38 bits per heavy atom. The van der Waals surface area contributed by atoms with Crippen molar-refractivity contribution >= 4 is 54.9 Å². The summed E-state index contributed by atoms with van der Waals surface area (Å²) in [7, 11) is -0.360. The number of hydrogen-bond acceptors (Lipinski definition) is 3. The van der Waals surface area contributed by atoms with Crippen molar-refractivity contribution in [3.63, 3.8) is 0 Å². The third-order valence-corrected chi connectivity index (χ3v) is 7.14. The summed E-state index contributed by atoms with van der Waals surface area (Å²) >= 11 is 1.83. The van der Waals surface area contributed by atoms with E-state index in [1.54, 1.807) is 0 Å². The molecule has 4 heteroatoms. The molecule has 0 spiro atoms. The Morgan fingerprint density at radius 3 is 2.12 bits per heavy atom. The molecule has 2 heterocycles. The summed E-state index contributed by atoms with van der Waals surface area (Å²) in [5.74, 6) is 0. The predicted octanol–water partition coefficient (Wildman–Crippen LogP) is 5.51. The molecule has 4 aromatic rings. The quantitative estimate of drug-likeness (QED) is 0.417. The summed E-state index contributed by atoms with van der Waals surface area (Å²) in [5, 5.41) is 5.03. The van der Waals surface area contributed by atoms with Crippen LogP contribution in [0.25, 0.3) is 30.9 Å². The van der Waals surface area contributed by atoms with E-state index in [4.69, 9.17) is 9.31 Å². The maximum atomic E-state index is 6.45. The highest BCUT2D eigenvalue weighted by Gasteiger charge is 2.52. The number of thiophene rings is 1. The Balaban J connectivity index is 1.87. The van der Waals surface area contributed by atoms with E-state index in [0.29, 0.717) is 0 Å². The van der Waals surface area contributed by atoms with Crippen molar-refractivity contribution in [2.45, 2.75) is 38.9 Å². The zero-order valence-corrected chi connectivity index (χ0v) is 16.3. The van der Waals surface area contributed by atoms with Crippen molar-refractivity contribution in [2.75, 3.05) is 0 Å². The minimum atomic E-state index is -0.360. The van der Waals surface area contributed by atoms with Crippen LogP contribution in [0.2, 0.25) is 0 Å². The van der Waals surface area contributed by atoms with Crippen molar-refractivity contribution in [3.8, 4) is 0 Å². The van der Waals surface area contributed by atoms with Crippen LogP contribution in [0.1, 0.15) is 27.7 Å². The molecule has 0 N–H and O–H groups in total. The van der Waals surface area contributed by atoms with Gasteiger partial charge in [0.1, 0.15) is 0 Å². The Hall–Kier alpha value is -1.88. The van der Waals surface area contributed by atoms with Crippen LogP contribution in [-0.4, -0.2) is 18.3 Å². The number of fused-ring (bicyclic) bond motifs is 4. The molecule has 1 saturated heterocycles. The minimum absolute atomic E-state index is 0.350. The molecule has 3 aromatic carbocycles. The molecule has 1 aliphatic heterocycles. The predicted molar refractivity (Wildman–Crippen MR) is 113 cm³/mol. The van der Waals surface area contributed by atoms with Gasteiger partial charge >= 0.3 is 7.12 Å². The van der Waals surface area contributed by atoms with Gasteiger partial charge in [-0.25, -0.2) is 0 Å². The molecule has 5 rings (SSSR count). The molecule has 0 unspecified atom stereocenters. The lowest BCUT2D eigenvalue weighted by atomic mass is 9.75. The Labute approximate surface area is 157 Å². The summed E-state index contributed by atoms with van der Waals surface area (Å²) in [5.41, 5.74) is 0.466. The second-order valence-electron chi connectivity index (χ2n) is 8.07. The first-order valence-corrected chi connectivity index (χ1v) is 9.88. The van der Waals surface area contributed by atoms with Crippen LogP contribution < -0.4 is 5.46 Å². The lowest BCUT2D eigenvalue weighted by Gasteiger charge is -2.32. The standard InChI is InChI=1S/C22H21BO2S/c1-21(2)22(3,4)25-23(24-21)19-15-10-6-5-9-14(15)13-17-16-11-7-8-12-18(16)26-20(17)19/h5-13H,1-4H3. The Bertz CT molecular complexity index is 1140. The van der Waals surface area contributed by atoms with Crippen molar-refractivity contribution in [1.82, 2.24) is 0 Å². The van der Waals surface area contributed by atoms with Crippen molar-refractivity contribution in [3.05, 3.63) is 54.6 Å². The zero-order chi connectivity index (χ0) is 18.1. The van der Waals surface area contributed by atoms with Crippen LogP contribution in [0.5, 0.6) is 0 Å². The van der Waals surface area contributed by atoms with Gasteiger partial charge < -0.3 is 9.31 Å². The molecule has 2 nitrogen and oxygen atoms in total. The lowest BCUT2D eigenvalue weighted by molar-refractivity contribution is 0.00578. The van der Waals surface area contributed by atoms with Crippen LogP contribution in [-0.2, 0) is 9.31 Å². The molecule has 26 heavy (non-hydrogen) atoms. The molecule has 0 saturated carbocycles. The number of hydrogen-bond donors (Lipinski definition) is 0. The van der Waals surface area contributed by atoms with Crippen molar-refractivity contribution in [2.24, 2.45) is 0 Å². The molecule has 1 aliphatic rings. The van der Waals surface area contributed by atoms with Gasteiger partial charge in [0.2, 0.25) is 0 Å². The first kappa shape index (κ1) is 16.3. The van der Waals surface area contributed by atoms with Crippen LogP contribution in [0.4, 0.5) is 0 Å². The van der Waals surface area contributed by atoms with Gasteiger partial charge in [-0.1, -0.05) is 42.5 Å². The van der Waals surface area contributed by atoms with Crippen LogP contribution in [0.3, 0.4) is 0 Å². The smallest absolute Gasteiger partial charge is 0.399 e. The van der Waals surface area contributed by atoms with Crippen LogP contribution >= 0.6 is 11.3 Å². The second kappa shape index (κ2) is 5.32. The SMILES string of the molecule is CC1(C)OB(c2c3ccccc3cc3c2sc2ccccc23)OC1(C)C.